The van der Waals surface area contributed by atoms with E-state index >= 15 is 0 Å². The van der Waals surface area contributed by atoms with Gasteiger partial charge in [-0.3, -0.25) is 9.59 Å². The number of likely N-dealkylation sites (tertiary alicyclic amines) is 2. The van der Waals surface area contributed by atoms with Crippen molar-refractivity contribution in [2.24, 2.45) is 0 Å². The first-order chi connectivity index (χ1) is 23.2. The number of halogens is 3. The molecule has 48 heavy (non-hydrogen) atoms. The molecule has 3 aliphatic rings. The van der Waals surface area contributed by atoms with E-state index in [0.717, 1.165) is 59.4 Å². The van der Waals surface area contributed by atoms with Gasteiger partial charge >= 0.3 is 12.1 Å². The predicted octanol–water partition coefficient (Wildman–Crippen LogP) is 6.05. The van der Waals surface area contributed by atoms with Crippen LogP contribution in [0.4, 0.5) is 13.2 Å². The van der Waals surface area contributed by atoms with Gasteiger partial charge in [0.1, 0.15) is 6.04 Å². The van der Waals surface area contributed by atoms with Gasteiger partial charge in [0.25, 0.3) is 0 Å². The van der Waals surface area contributed by atoms with Crippen LogP contribution < -0.4 is 5.32 Å². The van der Waals surface area contributed by atoms with Gasteiger partial charge in [0.2, 0.25) is 5.91 Å². The summed E-state index contributed by atoms with van der Waals surface area (Å²) in [5, 5.41) is 12.2. The predicted molar refractivity (Wildman–Crippen MR) is 173 cm³/mol. The minimum atomic E-state index is -5.01. The maximum Gasteiger partial charge on any atom is 0.471 e. The molecule has 0 aliphatic carbocycles. The molecule has 3 heterocycles. The Morgan fingerprint density at radius 1 is 0.833 bits per heavy atom. The van der Waals surface area contributed by atoms with Gasteiger partial charge in [-0.05, 0) is 72.7 Å². The molecule has 0 saturated carbocycles. The molecule has 2 N–H and O–H groups in total. The molecule has 2 amide bonds. The number of hydrogen-bond donors (Lipinski definition) is 2. The van der Waals surface area contributed by atoms with E-state index in [4.69, 9.17) is 9.47 Å². The summed E-state index contributed by atoms with van der Waals surface area (Å²) in [5.74, 6) is -2.56. The number of rotatable bonds is 9. The minimum Gasteiger partial charge on any atom is -0.392 e. The average molecular weight is 666 g/mol. The van der Waals surface area contributed by atoms with Crippen molar-refractivity contribution in [1.29, 1.82) is 0 Å². The third-order valence-corrected chi connectivity index (χ3v) is 9.49. The fourth-order valence-electron chi connectivity index (χ4n) is 6.91. The summed E-state index contributed by atoms with van der Waals surface area (Å²) in [4.78, 5) is 27.7. The van der Waals surface area contributed by atoms with E-state index in [2.05, 4.69) is 10.2 Å². The fraction of sp³-hybridized carbons (Fsp3) is 0.459. The highest BCUT2D eigenvalue weighted by molar-refractivity contribution is 5.90. The van der Waals surface area contributed by atoms with E-state index in [0.29, 0.717) is 11.3 Å². The van der Waals surface area contributed by atoms with E-state index < -0.39 is 30.3 Å². The van der Waals surface area contributed by atoms with Crippen molar-refractivity contribution in [3.05, 3.63) is 95.1 Å². The second-order valence-corrected chi connectivity index (χ2v) is 12.9. The number of aliphatic hydroxyl groups excluding tert-OH is 1. The van der Waals surface area contributed by atoms with Crippen LogP contribution in [0.2, 0.25) is 0 Å². The number of nitrogens with zero attached hydrogens (tertiary/aromatic N) is 2. The Balaban J connectivity index is 1.12. The SMILES string of the molecule is O=C(NCc1cccc(-c2ccc([C@@H]3O[C@H](CN4CCCCC4)C[C@H](c4ccc(CO)cc4)O3)cc2)c1)[C@@H]1CCCN1C(=O)C(F)(F)F. The number of amides is 2. The van der Waals surface area contributed by atoms with Crippen molar-refractivity contribution in [2.75, 3.05) is 26.2 Å². The number of benzene rings is 3. The fourth-order valence-corrected chi connectivity index (χ4v) is 6.91. The molecule has 0 unspecified atom stereocenters. The van der Waals surface area contributed by atoms with Crippen molar-refractivity contribution >= 4 is 11.8 Å². The normalized spacial score (nSPS) is 23.6. The largest absolute Gasteiger partial charge is 0.471 e. The first-order valence-corrected chi connectivity index (χ1v) is 16.8. The average Bonchev–Trinajstić information content (AvgIpc) is 3.60. The maximum absolute atomic E-state index is 13.0. The van der Waals surface area contributed by atoms with E-state index in [-0.39, 0.29) is 38.3 Å². The Kier molecular flexibility index (Phi) is 10.8. The van der Waals surface area contributed by atoms with Crippen LogP contribution in [0.15, 0.2) is 72.8 Å². The van der Waals surface area contributed by atoms with Gasteiger partial charge in [-0.25, -0.2) is 0 Å². The second-order valence-electron chi connectivity index (χ2n) is 12.9. The second kappa shape index (κ2) is 15.2. The number of alkyl halides is 3. The number of piperidine rings is 1. The summed E-state index contributed by atoms with van der Waals surface area (Å²) in [5.41, 5.74) is 5.45. The smallest absolute Gasteiger partial charge is 0.392 e. The van der Waals surface area contributed by atoms with Crippen LogP contribution >= 0.6 is 0 Å². The Hall–Kier alpha value is -3.77. The van der Waals surface area contributed by atoms with Crippen LogP contribution in [-0.2, 0) is 32.2 Å². The van der Waals surface area contributed by atoms with Crippen molar-refractivity contribution < 1.29 is 37.3 Å². The maximum atomic E-state index is 13.0. The molecular formula is C37H42F3N3O5. The van der Waals surface area contributed by atoms with Gasteiger partial charge in [0.15, 0.2) is 6.29 Å². The molecule has 6 rings (SSSR count). The number of carbonyl (C=O) groups is 2. The molecule has 3 aliphatic heterocycles. The Labute approximate surface area is 278 Å². The lowest BCUT2D eigenvalue weighted by atomic mass is 9.98. The highest BCUT2D eigenvalue weighted by Gasteiger charge is 2.47. The van der Waals surface area contributed by atoms with Crippen LogP contribution in [0.3, 0.4) is 0 Å². The van der Waals surface area contributed by atoms with Crippen molar-refractivity contribution in [2.45, 2.75) is 82.4 Å². The highest BCUT2D eigenvalue weighted by Crippen LogP contribution is 2.39. The quantitative estimate of drug-likeness (QED) is 0.290. The van der Waals surface area contributed by atoms with Crippen LogP contribution in [0.5, 0.6) is 0 Å². The standard InChI is InChI=1S/C37H42F3N3O5/c38-37(39,40)36(46)43-19-5-8-32(43)34(45)41-22-26-6-4-7-30(20-26)27-13-15-29(16-14-27)35-47-31(23-42-17-2-1-3-18-42)21-33(48-35)28-11-9-25(24-44)10-12-28/h4,6-7,9-16,20,31-33,35,44H,1-3,5,8,17-19,21-24H2,(H,41,45)/t31-,32-,33+,35+/m0/s1. The summed E-state index contributed by atoms with van der Waals surface area (Å²) >= 11 is 0. The molecule has 8 nitrogen and oxygen atoms in total. The zero-order valence-corrected chi connectivity index (χ0v) is 26.8. The van der Waals surface area contributed by atoms with E-state index in [9.17, 15) is 27.9 Å². The van der Waals surface area contributed by atoms with Crippen LogP contribution in [-0.4, -0.2) is 71.2 Å². The first-order valence-electron chi connectivity index (χ1n) is 16.8. The van der Waals surface area contributed by atoms with Crippen LogP contribution in [0.25, 0.3) is 11.1 Å². The number of carbonyl (C=O) groups excluding carboxylic acids is 2. The molecule has 4 atom stereocenters. The molecule has 3 saturated heterocycles. The van der Waals surface area contributed by atoms with Gasteiger partial charge in [-0.2, -0.15) is 13.2 Å². The monoisotopic (exact) mass is 665 g/mol. The Bertz CT molecular complexity index is 1540. The molecule has 11 heteroatoms. The Morgan fingerprint density at radius 3 is 2.27 bits per heavy atom. The minimum absolute atomic E-state index is 0.00108. The molecule has 3 aromatic rings. The zero-order valence-electron chi connectivity index (χ0n) is 26.8. The summed E-state index contributed by atoms with van der Waals surface area (Å²) in [6.45, 7) is 3.04. The van der Waals surface area contributed by atoms with Gasteiger partial charge in [0.05, 0.1) is 18.8 Å². The van der Waals surface area contributed by atoms with Gasteiger partial charge < -0.3 is 29.7 Å². The molecule has 0 radical (unpaired) electrons. The lowest BCUT2D eigenvalue weighted by Crippen LogP contribution is -2.50. The summed E-state index contributed by atoms with van der Waals surface area (Å²) in [6.07, 6.45) is -0.749. The Morgan fingerprint density at radius 2 is 1.56 bits per heavy atom. The summed E-state index contributed by atoms with van der Waals surface area (Å²) in [6, 6.07) is 22.3. The van der Waals surface area contributed by atoms with Crippen molar-refractivity contribution in [3.63, 3.8) is 0 Å². The highest BCUT2D eigenvalue weighted by atomic mass is 19.4. The van der Waals surface area contributed by atoms with Crippen molar-refractivity contribution in [3.8, 4) is 11.1 Å². The molecule has 3 aromatic carbocycles. The molecule has 0 bridgehead atoms. The number of ether oxygens (including phenoxy) is 2. The lowest BCUT2D eigenvalue weighted by molar-refractivity contribution is -0.253. The summed E-state index contributed by atoms with van der Waals surface area (Å²) < 4.78 is 52.0. The topological polar surface area (TPSA) is 91.3 Å². The van der Waals surface area contributed by atoms with E-state index in [1.54, 1.807) is 0 Å². The summed E-state index contributed by atoms with van der Waals surface area (Å²) in [7, 11) is 0. The van der Waals surface area contributed by atoms with Crippen LogP contribution in [0.1, 0.15) is 73.2 Å². The van der Waals surface area contributed by atoms with E-state index in [1.807, 2.05) is 72.8 Å². The number of hydrogen-bond acceptors (Lipinski definition) is 6. The molecule has 256 valence electrons. The lowest BCUT2D eigenvalue weighted by Gasteiger charge is -2.39. The van der Waals surface area contributed by atoms with E-state index in [1.165, 1.54) is 19.3 Å². The van der Waals surface area contributed by atoms with Crippen molar-refractivity contribution in [1.82, 2.24) is 15.1 Å². The third kappa shape index (κ3) is 8.26. The number of aliphatic hydroxyl groups is 1. The third-order valence-electron chi connectivity index (χ3n) is 9.49. The molecule has 0 spiro atoms. The molecule has 0 aromatic heterocycles. The van der Waals surface area contributed by atoms with Gasteiger partial charge in [0, 0.05) is 31.6 Å². The van der Waals surface area contributed by atoms with Crippen LogP contribution in [0, 0.1) is 0 Å². The van der Waals surface area contributed by atoms with Gasteiger partial charge in [-0.1, -0.05) is 73.2 Å². The van der Waals surface area contributed by atoms with Gasteiger partial charge in [-0.15, -0.1) is 0 Å². The number of nitrogens with one attached hydrogen (secondary N) is 1. The molecular weight excluding hydrogens is 623 g/mol. The first kappa shape index (κ1) is 34.1. The molecule has 3 fully saturated rings. The zero-order chi connectivity index (χ0) is 33.7.